The highest BCUT2D eigenvalue weighted by atomic mass is 16.1. The van der Waals surface area contributed by atoms with Gasteiger partial charge in [-0.3, -0.25) is 4.79 Å². The van der Waals surface area contributed by atoms with Gasteiger partial charge in [-0.1, -0.05) is 30.3 Å². The highest BCUT2D eigenvalue weighted by Crippen LogP contribution is 2.30. The van der Waals surface area contributed by atoms with Crippen LogP contribution in [0.2, 0.25) is 0 Å². The van der Waals surface area contributed by atoms with Crippen LogP contribution in [0.1, 0.15) is 24.3 Å². The lowest BCUT2D eigenvalue weighted by Gasteiger charge is -2.33. The number of hydrogen-bond donors (Lipinski definition) is 2. The molecule has 1 aromatic rings. The van der Waals surface area contributed by atoms with Crippen molar-refractivity contribution in [3.8, 4) is 0 Å². The SMILES string of the molecule is C[NH+]1CCN(NC2=CC(=O)C[C@H](c3ccccc3)C2)CC1. The van der Waals surface area contributed by atoms with Crippen molar-refractivity contribution >= 4 is 5.78 Å². The third kappa shape index (κ3) is 3.71. The molecule has 112 valence electrons. The van der Waals surface area contributed by atoms with E-state index in [9.17, 15) is 4.79 Å². The summed E-state index contributed by atoms with van der Waals surface area (Å²) in [4.78, 5) is 13.6. The van der Waals surface area contributed by atoms with Crippen molar-refractivity contribution < 1.29 is 9.69 Å². The number of nitrogens with zero attached hydrogens (tertiary/aromatic N) is 1. The van der Waals surface area contributed by atoms with Crippen molar-refractivity contribution in [2.24, 2.45) is 0 Å². The van der Waals surface area contributed by atoms with Crippen LogP contribution in [0.15, 0.2) is 42.1 Å². The second-order valence-corrected chi connectivity index (χ2v) is 6.21. The number of carbonyl (C=O) groups excluding carboxylic acids is 1. The molecule has 1 heterocycles. The fourth-order valence-electron chi connectivity index (χ4n) is 3.13. The van der Waals surface area contributed by atoms with E-state index in [1.807, 2.05) is 6.07 Å². The summed E-state index contributed by atoms with van der Waals surface area (Å²) < 4.78 is 0. The number of benzene rings is 1. The molecule has 0 spiro atoms. The maximum absolute atomic E-state index is 12.0. The second kappa shape index (κ2) is 6.41. The van der Waals surface area contributed by atoms with E-state index in [-0.39, 0.29) is 5.78 Å². The highest BCUT2D eigenvalue weighted by molar-refractivity contribution is 5.91. The summed E-state index contributed by atoms with van der Waals surface area (Å²) in [6, 6.07) is 10.4. The third-order valence-corrected chi connectivity index (χ3v) is 4.44. The van der Waals surface area contributed by atoms with Gasteiger partial charge < -0.3 is 10.3 Å². The summed E-state index contributed by atoms with van der Waals surface area (Å²) in [5.74, 6) is 0.543. The van der Waals surface area contributed by atoms with Gasteiger partial charge in [0.2, 0.25) is 0 Å². The first-order valence-corrected chi connectivity index (χ1v) is 7.82. The summed E-state index contributed by atoms with van der Waals surface area (Å²) in [6.07, 6.45) is 3.35. The predicted octanol–water partition coefficient (Wildman–Crippen LogP) is 0.352. The number of hydrazine groups is 1. The molecule has 3 rings (SSSR count). The van der Waals surface area contributed by atoms with E-state index in [1.54, 1.807) is 11.0 Å². The van der Waals surface area contributed by atoms with E-state index in [0.29, 0.717) is 12.3 Å². The van der Waals surface area contributed by atoms with E-state index < -0.39 is 0 Å². The Morgan fingerprint density at radius 3 is 2.57 bits per heavy atom. The summed E-state index contributed by atoms with van der Waals surface area (Å²) in [6.45, 7) is 4.37. The fraction of sp³-hybridized carbons (Fsp3) is 0.471. The standard InChI is InChI=1S/C17H23N3O/c1-19-7-9-20(10-8-19)18-16-11-15(12-17(21)13-16)14-5-3-2-4-6-14/h2-6,13,15,18H,7-12H2,1H3/p+1/t15-/m1/s1. The minimum Gasteiger partial charge on any atom is -0.335 e. The molecule has 0 bridgehead atoms. The van der Waals surface area contributed by atoms with Crippen LogP contribution in [0.5, 0.6) is 0 Å². The van der Waals surface area contributed by atoms with Crippen LogP contribution in [0.25, 0.3) is 0 Å². The molecule has 0 unspecified atom stereocenters. The number of rotatable bonds is 3. The molecule has 1 atom stereocenters. The lowest BCUT2D eigenvalue weighted by atomic mass is 9.85. The van der Waals surface area contributed by atoms with Crippen LogP contribution in [0.3, 0.4) is 0 Å². The van der Waals surface area contributed by atoms with Gasteiger partial charge >= 0.3 is 0 Å². The molecule has 1 saturated heterocycles. The molecule has 1 aromatic carbocycles. The van der Waals surface area contributed by atoms with Crippen LogP contribution < -0.4 is 10.3 Å². The lowest BCUT2D eigenvalue weighted by Crippen LogP contribution is -3.12. The normalized spacial score (nSPS) is 24.7. The van der Waals surface area contributed by atoms with Crippen molar-refractivity contribution in [1.29, 1.82) is 0 Å². The van der Waals surface area contributed by atoms with Gasteiger partial charge in [0, 0.05) is 18.2 Å². The van der Waals surface area contributed by atoms with Gasteiger partial charge in [-0.05, 0) is 17.9 Å². The summed E-state index contributed by atoms with van der Waals surface area (Å²) in [5, 5.41) is 2.25. The predicted molar refractivity (Wildman–Crippen MR) is 82.8 cm³/mol. The maximum Gasteiger partial charge on any atom is 0.158 e. The third-order valence-electron chi connectivity index (χ3n) is 4.44. The first-order valence-electron chi connectivity index (χ1n) is 7.82. The molecule has 1 aliphatic heterocycles. The summed E-state index contributed by atoms with van der Waals surface area (Å²) in [7, 11) is 2.23. The number of ketones is 1. The van der Waals surface area contributed by atoms with E-state index in [4.69, 9.17) is 0 Å². The number of nitrogens with one attached hydrogen (secondary N) is 2. The zero-order valence-electron chi connectivity index (χ0n) is 12.6. The van der Waals surface area contributed by atoms with Crippen LogP contribution in [-0.2, 0) is 4.79 Å². The van der Waals surface area contributed by atoms with Gasteiger partial charge in [0.15, 0.2) is 5.78 Å². The minimum absolute atomic E-state index is 0.234. The first kappa shape index (κ1) is 14.3. The van der Waals surface area contributed by atoms with Crippen LogP contribution in [-0.4, -0.2) is 44.0 Å². The van der Waals surface area contributed by atoms with Gasteiger partial charge in [-0.25, -0.2) is 5.01 Å². The van der Waals surface area contributed by atoms with Crippen molar-refractivity contribution in [1.82, 2.24) is 10.4 Å². The molecule has 2 aliphatic rings. The number of piperazine rings is 1. The molecule has 0 aromatic heterocycles. The van der Waals surface area contributed by atoms with Gasteiger partial charge in [0.25, 0.3) is 0 Å². The van der Waals surface area contributed by atoms with Crippen molar-refractivity contribution in [2.75, 3.05) is 33.2 Å². The van der Waals surface area contributed by atoms with Gasteiger partial charge in [-0.2, -0.15) is 0 Å². The van der Waals surface area contributed by atoms with Crippen LogP contribution in [0.4, 0.5) is 0 Å². The number of hydrogen-bond acceptors (Lipinski definition) is 3. The Bertz CT molecular complexity index is 518. The molecular formula is C17H24N3O+. The Balaban J connectivity index is 1.64. The van der Waals surface area contributed by atoms with Crippen LogP contribution >= 0.6 is 0 Å². The zero-order chi connectivity index (χ0) is 14.7. The lowest BCUT2D eigenvalue weighted by molar-refractivity contribution is -0.884. The average Bonchev–Trinajstić information content (AvgIpc) is 2.50. The molecular weight excluding hydrogens is 262 g/mol. The minimum atomic E-state index is 0.234. The van der Waals surface area contributed by atoms with E-state index >= 15 is 0 Å². The number of likely N-dealkylation sites (N-methyl/N-ethyl adjacent to an activating group) is 1. The van der Waals surface area contributed by atoms with Crippen molar-refractivity contribution in [3.63, 3.8) is 0 Å². The van der Waals surface area contributed by atoms with E-state index in [1.165, 1.54) is 5.56 Å². The average molecular weight is 286 g/mol. The quantitative estimate of drug-likeness (QED) is 0.842. The Labute approximate surface area is 126 Å². The highest BCUT2D eigenvalue weighted by Gasteiger charge is 2.24. The van der Waals surface area contributed by atoms with Crippen LogP contribution in [0, 0.1) is 0 Å². The molecule has 0 radical (unpaired) electrons. The molecule has 4 heteroatoms. The maximum atomic E-state index is 12.0. The van der Waals surface area contributed by atoms with Crippen molar-refractivity contribution in [2.45, 2.75) is 18.8 Å². The molecule has 2 N–H and O–H groups in total. The number of carbonyl (C=O) groups is 1. The second-order valence-electron chi connectivity index (χ2n) is 6.21. The van der Waals surface area contributed by atoms with Gasteiger partial charge in [0.1, 0.15) is 0 Å². The Kier molecular flexibility index (Phi) is 4.36. The Morgan fingerprint density at radius 1 is 1.14 bits per heavy atom. The molecule has 1 aliphatic carbocycles. The topological polar surface area (TPSA) is 36.8 Å². The molecule has 0 saturated carbocycles. The van der Waals surface area contributed by atoms with Gasteiger partial charge in [0.05, 0.1) is 33.2 Å². The Hall–Kier alpha value is -1.65. The molecule has 1 fully saturated rings. The molecule has 21 heavy (non-hydrogen) atoms. The first-order chi connectivity index (χ1) is 10.2. The van der Waals surface area contributed by atoms with Gasteiger partial charge in [-0.15, -0.1) is 0 Å². The fourth-order valence-corrected chi connectivity index (χ4v) is 3.13. The number of allylic oxidation sites excluding steroid dienone is 2. The monoisotopic (exact) mass is 286 g/mol. The summed E-state index contributed by atoms with van der Waals surface area (Å²) in [5.41, 5.74) is 5.80. The number of quaternary nitrogens is 1. The smallest absolute Gasteiger partial charge is 0.158 e. The Morgan fingerprint density at radius 2 is 1.86 bits per heavy atom. The molecule has 4 nitrogen and oxygen atoms in total. The summed E-state index contributed by atoms with van der Waals surface area (Å²) >= 11 is 0. The zero-order valence-corrected chi connectivity index (χ0v) is 12.6. The van der Waals surface area contributed by atoms with E-state index in [2.05, 4.69) is 41.7 Å². The molecule has 0 amide bonds. The largest absolute Gasteiger partial charge is 0.335 e. The van der Waals surface area contributed by atoms with E-state index in [0.717, 1.165) is 38.3 Å². The van der Waals surface area contributed by atoms with Crippen molar-refractivity contribution in [3.05, 3.63) is 47.7 Å².